The second kappa shape index (κ2) is 7.04. The van der Waals surface area contributed by atoms with E-state index in [9.17, 15) is 9.59 Å². The lowest BCUT2D eigenvalue weighted by Crippen LogP contribution is -2.32. The Balaban J connectivity index is 2.40. The molecule has 0 spiro atoms. The number of ether oxygens (including phenoxy) is 2. The summed E-state index contributed by atoms with van der Waals surface area (Å²) in [4.78, 5) is 22.8. The standard InChI is InChI=1S/C20H24O4/c1-13(2)7-6-9-20(5)10-8-16-18(24-20)11-14(3)17(12-21)19(16)23-15(4)22/h7-8,10-12H,6,9H2,1-5H3. The highest BCUT2D eigenvalue weighted by atomic mass is 16.5. The van der Waals surface area contributed by atoms with Crippen LogP contribution in [0.3, 0.4) is 0 Å². The molecule has 2 rings (SSSR count). The minimum Gasteiger partial charge on any atom is -0.483 e. The van der Waals surface area contributed by atoms with Gasteiger partial charge in [-0.05, 0) is 64.3 Å². The van der Waals surface area contributed by atoms with Crippen molar-refractivity contribution >= 4 is 18.3 Å². The third-order valence-corrected chi connectivity index (χ3v) is 4.03. The number of esters is 1. The second-order valence-corrected chi connectivity index (χ2v) is 6.63. The molecule has 1 aliphatic rings. The average Bonchev–Trinajstić information content (AvgIpc) is 2.45. The normalized spacial score (nSPS) is 18.4. The summed E-state index contributed by atoms with van der Waals surface area (Å²) in [7, 11) is 0. The van der Waals surface area contributed by atoms with E-state index in [4.69, 9.17) is 9.47 Å². The van der Waals surface area contributed by atoms with Crippen LogP contribution in [0.4, 0.5) is 0 Å². The molecule has 0 radical (unpaired) electrons. The van der Waals surface area contributed by atoms with Gasteiger partial charge < -0.3 is 9.47 Å². The van der Waals surface area contributed by atoms with Gasteiger partial charge in [-0.2, -0.15) is 0 Å². The Hall–Kier alpha value is -2.36. The van der Waals surface area contributed by atoms with Gasteiger partial charge in [0.1, 0.15) is 11.4 Å². The summed E-state index contributed by atoms with van der Waals surface area (Å²) in [6, 6.07) is 1.83. The van der Waals surface area contributed by atoms with Crippen molar-refractivity contribution in [3.63, 3.8) is 0 Å². The van der Waals surface area contributed by atoms with E-state index >= 15 is 0 Å². The Labute approximate surface area is 143 Å². The molecule has 0 saturated carbocycles. The maximum atomic E-state index is 11.4. The van der Waals surface area contributed by atoms with Gasteiger partial charge in [0, 0.05) is 6.92 Å². The SMILES string of the molecule is CC(=O)Oc1c(C=O)c(C)cc2c1C=CC(C)(CCC=C(C)C)O2. The average molecular weight is 328 g/mol. The number of rotatable bonds is 5. The van der Waals surface area contributed by atoms with Gasteiger partial charge in [0.2, 0.25) is 0 Å². The Bertz CT molecular complexity index is 724. The maximum Gasteiger partial charge on any atom is 0.308 e. The summed E-state index contributed by atoms with van der Waals surface area (Å²) < 4.78 is 11.5. The molecule has 0 fully saturated rings. The molecule has 4 nitrogen and oxygen atoms in total. The van der Waals surface area contributed by atoms with Gasteiger partial charge in [0.25, 0.3) is 0 Å². The lowest BCUT2D eigenvalue weighted by atomic mass is 9.92. The molecule has 1 unspecified atom stereocenters. The lowest BCUT2D eigenvalue weighted by Gasteiger charge is -2.32. The first-order valence-corrected chi connectivity index (χ1v) is 8.08. The third-order valence-electron chi connectivity index (χ3n) is 4.03. The molecule has 0 aliphatic carbocycles. The largest absolute Gasteiger partial charge is 0.483 e. The van der Waals surface area contributed by atoms with Crippen molar-refractivity contribution in [2.24, 2.45) is 0 Å². The summed E-state index contributed by atoms with van der Waals surface area (Å²) in [5.74, 6) is 0.447. The van der Waals surface area contributed by atoms with Gasteiger partial charge >= 0.3 is 5.97 Å². The maximum absolute atomic E-state index is 11.4. The molecular formula is C20H24O4. The van der Waals surface area contributed by atoms with Gasteiger partial charge in [-0.3, -0.25) is 9.59 Å². The Morgan fingerprint density at radius 2 is 2.04 bits per heavy atom. The van der Waals surface area contributed by atoms with E-state index in [1.165, 1.54) is 12.5 Å². The van der Waals surface area contributed by atoms with E-state index in [1.54, 1.807) is 6.92 Å². The van der Waals surface area contributed by atoms with Gasteiger partial charge in [-0.15, -0.1) is 0 Å². The zero-order valence-electron chi connectivity index (χ0n) is 14.9. The van der Waals surface area contributed by atoms with Crippen molar-refractivity contribution in [3.05, 3.63) is 40.5 Å². The van der Waals surface area contributed by atoms with Crippen LogP contribution in [0.15, 0.2) is 23.8 Å². The highest BCUT2D eigenvalue weighted by Gasteiger charge is 2.30. The molecule has 1 aromatic rings. The van der Waals surface area contributed by atoms with Crippen LogP contribution < -0.4 is 9.47 Å². The van der Waals surface area contributed by atoms with Crippen LogP contribution in [0.1, 0.15) is 62.0 Å². The fourth-order valence-electron chi connectivity index (χ4n) is 2.76. The fourth-order valence-corrected chi connectivity index (χ4v) is 2.76. The monoisotopic (exact) mass is 328 g/mol. The van der Waals surface area contributed by atoms with Crippen LogP contribution in [-0.2, 0) is 4.79 Å². The highest BCUT2D eigenvalue weighted by Crippen LogP contribution is 2.41. The van der Waals surface area contributed by atoms with E-state index in [2.05, 4.69) is 19.9 Å². The minimum absolute atomic E-state index is 0.273. The molecule has 0 amide bonds. The first-order valence-electron chi connectivity index (χ1n) is 8.08. The molecule has 1 aromatic carbocycles. The van der Waals surface area contributed by atoms with Crippen LogP contribution in [0, 0.1) is 6.92 Å². The van der Waals surface area contributed by atoms with E-state index in [1.807, 2.05) is 25.1 Å². The fraction of sp³-hybridized carbons (Fsp3) is 0.400. The lowest BCUT2D eigenvalue weighted by molar-refractivity contribution is -0.131. The zero-order valence-corrected chi connectivity index (χ0v) is 14.9. The van der Waals surface area contributed by atoms with Crippen LogP contribution in [0.25, 0.3) is 6.08 Å². The van der Waals surface area contributed by atoms with Crippen molar-refractivity contribution < 1.29 is 19.1 Å². The van der Waals surface area contributed by atoms with Crippen molar-refractivity contribution in [1.29, 1.82) is 0 Å². The number of carbonyl (C=O) groups is 2. The van der Waals surface area contributed by atoms with Crippen LogP contribution in [0.2, 0.25) is 0 Å². The van der Waals surface area contributed by atoms with Crippen molar-refractivity contribution in [2.75, 3.05) is 0 Å². The van der Waals surface area contributed by atoms with Gasteiger partial charge in [-0.25, -0.2) is 0 Å². The quantitative estimate of drug-likeness (QED) is 0.342. The van der Waals surface area contributed by atoms with Crippen LogP contribution >= 0.6 is 0 Å². The number of aryl methyl sites for hydroxylation is 1. The Morgan fingerprint density at radius 3 is 2.62 bits per heavy atom. The van der Waals surface area contributed by atoms with Gasteiger partial charge in [0.05, 0.1) is 11.1 Å². The topological polar surface area (TPSA) is 52.6 Å². The van der Waals surface area contributed by atoms with Gasteiger partial charge in [0.15, 0.2) is 12.0 Å². The molecule has 0 saturated heterocycles. The predicted octanol–water partition coefficient (Wildman–Crippen LogP) is 4.64. The molecule has 0 bridgehead atoms. The molecule has 1 atom stereocenters. The number of fused-ring (bicyclic) bond motifs is 1. The van der Waals surface area contributed by atoms with Crippen molar-refractivity contribution in [2.45, 2.75) is 53.1 Å². The molecular weight excluding hydrogens is 304 g/mol. The Kier molecular flexibility index (Phi) is 5.27. The first kappa shape index (κ1) is 18.0. The van der Waals surface area contributed by atoms with E-state index in [0.29, 0.717) is 23.2 Å². The van der Waals surface area contributed by atoms with Gasteiger partial charge in [-0.1, -0.05) is 11.6 Å². The zero-order chi connectivity index (χ0) is 17.9. The smallest absolute Gasteiger partial charge is 0.308 e. The third kappa shape index (κ3) is 3.94. The molecule has 0 N–H and O–H groups in total. The summed E-state index contributed by atoms with van der Waals surface area (Å²) in [6.07, 6.45) is 8.50. The van der Waals surface area contributed by atoms with Crippen molar-refractivity contribution in [1.82, 2.24) is 0 Å². The number of allylic oxidation sites excluding steroid dienone is 2. The first-order chi connectivity index (χ1) is 11.3. The molecule has 1 aliphatic heterocycles. The highest BCUT2D eigenvalue weighted by molar-refractivity contribution is 5.89. The minimum atomic E-state index is -0.462. The van der Waals surface area contributed by atoms with E-state index in [-0.39, 0.29) is 5.75 Å². The van der Waals surface area contributed by atoms with E-state index < -0.39 is 11.6 Å². The second-order valence-electron chi connectivity index (χ2n) is 6.63. The summed E-state index contributed by atoms with van der Waals surface area (Å²) in [6.45, 7) is 9.30. The van der Waals surface area contributed by atoms with Crippen LogP contribution in [0.5, 0.6) is 11.5 Å². The summed E-state index contributed by atoms with van der Waals surface area (Å²) in [5, 5.41) is 0. The number of aldehydes is 1. The van der Waals surface area contributed by atoms with Crippen molar-refractivity contribution in [3.8, 4) is 11.5 Å². The molecule has 128 valence electrons. The number of hydrogen-bond acceptors (Lipinski definition) is 4. The summed E-state index contributed by atoms with van der Waals surface area (Å²) in [5.41, 5.74) is 2.59. The summed E-state index contributed by atoms with van der Waals surface area (Å²) >= 11 is 0. The molecule has 1 heterocycles. The molecule has 24 heavy (non-hydrogen) atoms. The number of carbonyl (C=O) groups excluding carboxylic acids is 2. The molecule has 0 aromatic heterocycles. The number of benzene rings is 1. The van der Waals surface area contributed by atoms with E-state index in [0.717, 1.165) is 18.4 Å². The van der Waals surface area contributed by atoms with Crippen LogP contribution in [-0.4, -0.2) is 17.9 Å². The number of hydrogen-bond donors (Lipinski definition) is 0. The Morgan fingerprint density at radius 1 is 1.33 bits per heavy atom. The predicted molar refractivity (Wildman–Crippen MR) is 94.6 cm³/mol. The molecule has 4 heteroatoms.